The van der Waals surface area contributed by atoms with Crippen LogP contribution in [-0.4, -0.2) is 18.4 Å². The lowest BCUT2D eigenvalue weighted by atomic mass is 10.5. The summed E-state index contributed by atoms with van der Waals surface area (Å²) >= 11 is 8.62. The second kappa shape index (κ2) is 8.47. The van der Waals surface area contributed by atoms with E-state index in [0.29, 0.717) is 0 Å². The predicted octanol–water partition coefficient (Wildman–Crippen LogP) is 2.11. The normalized spacial score (nSPS) is 10.9. The van der Waals surface area contributed by atoms with Crippen molar-refractivity contribution in [3.8, 4) is 0 Å². The van der Waals surface area contributed by atoms with Gasteiger partial charge in [0.15, 0.2) is 0 Å². The van der Waals surface area contributed by atoms with Crippen molar-refractivity contribution in [3.63, 3.8) is 0 Å². The van der Waals surface area contributed by atoms with Crippen molar-refractivity contribution >= 4 is 27.5 Å². The minimum Gasteiger partial charge on any atom is -0.313 e. The zero-order chi connectivity index (χ0) is 6.95. The van der Waals surface area contributed by atoms with Gasteiger partial charge in [-0.25, -0.2) is 0 Å². The maximum Gasteiger partial charge on any atom is 0.0146 e. The molecule has 9 heavy (non-hydrogen) atoms. The van der Waals surface area contributed by atoms with Gasteiger partial charge in [-0.2, -0.15) is 0 Å². The molecule has 0 aromatic heterocycles. The molecule has 0 aromatic rings. The Morgan fingerprint density at radius 3 is 2.89 bits per heavy atom. The van der Waals surface area contributed by atoms with Gasteiger partial charge in [0, 0.05) is 17.4 Å². The average Bonchev–Trinajstić information content (AvgIpc) is 1.89. The lowest BCUT2D eigenvalue weighted by molar-refractivity contribution is 0.736. The summed E-state index contributed by atoms with van der Waals surface area (Å²) in [6.07, 6.45) is 3.05. The molecule has 0 aliphatic heterocycles. The van der Waals surface area contributed by atoms with Gasteiger partial charge in [0.25, 0.3) is 0 Å². The van der Waals surface area contributed by atoms with Crippen LogP contribution in [0.2, 0.25) is 0 Å². The smallest absolute Gasteiger partial charge is 0.0146 e. The summed E-state index contributed by atoms with van der Waals surface area (Å²) < 4.78 is 0. The zero-order valence-corrected chi connectivity index (χ0v) is 7.58. The van der Waals surface area contributed by atoms with Crippen LogP contribution < -0.4 is 5.32 Å². The monoisotopic (exact) mass is 211 g/mol. The Bertz CT molecular complexity index is 75.5. The molecule has 0 fully saturated rings. The van der Waals surface area contributed by atoms with Crippen molar-refractivity contribution in [1.29, 1.82) is 0 Å². The fourth-order valence-corrected chi connectivity index (χ4v) is 0.791. The summed E-state index contributed by atoms with van der Waals surface area (Å²) in [5.41, 5.74) is 1.53. The van der Waals surface area contributed by atoms with Crippen LogP contribution in [0.15, 0.2) is 11.6 Å². The highest BCUT2D eigenvalue weighted by Gasteiger charge is 1.80. The highest BCUT2D eigenvalue weighted by Crippen LogP contribution is 1.84. The van der Waals surface area contributed by atoms with Gasteiger partial charge in [0.2, 0.25) is 0 Å². The summed E-state index contributed by atoms with van der Waals surface area (Å²) in [4.78, 5) is 0. The topological polar surface area (TPSA) is 12.0 Å². The van der Waals surface area contributed by atoms with Gasteiger partial charge in [0.1, 0.15) is 0 Å². The summed E-state index contributed by atoms with van der Waals surface area (Å²) in [7, 11) is 0. The third-order valence-corrected chi connectivity index (χ3v) is 1.58. The molecule has 0 heterocycles. The van der Waals surface area contributed by atoms with E-state index in [4.69, 9.17) is 11.6 Å². The van der Waals surface area contributed by atoms with Gasteiger partial charge >= 0.3 is 0 Å². The molecule has 0 radical (unpaired) electrons. The predicted molar refractivity (Wildman–Crippen MR) is 46.3 cm³/mol. The van der Waals surface area contributed by atoms with Gasteiger partial charge in [-0.15, -0.1) is 0 Å². The van der Waals surface area contributed by atoms with Gasteiger partial charge < -0.3 is 5.32 Å². The molecule has 0 amide bonds. The molecule has 1 N–H and O–H groups in total. The Kier molecular flexibility index (Phi) is 8.91. The number of nitrogens with one attached hydrogen (secondary N) is 1. The van der Waals surface area contributed by atoms with Crippen LogP contribution >= 0.6 is 27.5 Å². The summed E-state index contributed by atoms with van der Waals surface area (Å²) in [5.74, 6) is 0. The van der Waals surface area contributed by atoms with E-state index in [9.17, 15) is 0 Å². The first-order valence-corrected chi connectivity index (χ1v) is 4.49. The van der Waals surface area contributed by atoms with Crippen molar-refractivity contribution < 1.29 is 0 Å². The Hall–Kier alpha value is 0.470. The standard InChI is InChI=1S/C6H11BrClN/c7-3-1-5-9-6-2-4-8/h2,4,9H,1,3,5-6H2/b4-2+. The fourth-order valence-electron chi connectivity index (χ4n) is 0.422. The molecule has 0 spiro atoms. The molecule has 0 aliphatic carbocycles. The fraction of sp³-hybridized carbons (Fsp3) is 0.667. The van der Waals surface area contributed by atoms with Crippen LogP contribution in [-0.2, 0) is 0 Å². The highest BCUT2D eigenvalue weighted by molar-refractivity contribution is 9.09. The van der Waals surface area contributed by atoms with E-state index in [2.05, 4.69) is 21.2 Å². The van der Waals surface area contributed by atoms with Crippen molar-refractivity contribution in [3.05, 3.63) is 11.6 Å². The quantitative estimate of drug-likeness (QED) is 0.544. The third kappa shape index (κ3) is 8.47. The molecule has 0 unspecified atom stereocenters. The number of alkyl halides is 1. The van der Waals surface area contributed by atoms with Crippen LogP contribution in [0.25, 0.3) is 0 Å². The summed E-state index contributed by atoms with van der Waals surface area (Å²) in [6.45, 7) is 1.92. The zero-order valence-electron chi connectivity index (χ0n) is 5.24. The molecular weight excluding hydrogens is 201 g/mol. The first-order valence-electron chi connectivity index (χ1n) is 2.93. The minimum absolute atomic E-state index is 0.872. The second-order valence-electron chi connectivity index (χ2n) is 1.61. The number of rotatable bonds is 5. The Morgan fingerprint density at radius 1 is 1.56 bits per heavy atom. The first-order chi connectivity index (χ1) is 4.41. The number of hydrogen-bond donors (Lipinski definition) is 1. The van der Waals surface area contributed by atoms with E-state index in [1.807, 2.05) is 6.08 Å². The van der Waals surface area contributed by atoms with Gasteiger partial charge in [-0.3, -0.25) is 0 Å². The average molecular weight is 213 g/mol. The highest BCUT2D eigenvalue weighted by atomic mass is 79.9. The Morgan fingerprint density at radius 2 is 2.33 bits per heavy atom. The van der Waals surface area contributed by atoms with Crippen molar-refractivity contribution in [1.82, 2.24) is 5.32 Å². The maximum absolute atomic E-state index is 5.28. The van der Waals surface area contributed by atoms with Gasteiger partial charge in [-0.1, -0.05) is 33.6 Å². The first kappa shape index (κ1) is 9.47. The second-order valence-corrected chi connectivity index (χ2v) is 2.65. The molecule has 0 bridgehead atoms. The molecule has 0 rings (SSSR count). The van der Waals surface area contributed by atoms with Gasteiger partial charge in [0.05, 0.1) is 0 Å². The molecule has 54 valence electrons. The van der Waals surface area contributed by atoms with E-state index in [1.54, 1.807) is 0 Å². The van der Waals surface area contributed by atoms with Crippen LogP contribution in [0.1, 0.15) is 6.42 Å². The molecule has 0 aliphatic rings. The lowest BCUT2D eigenvalue weighted by Crippen LogP contribution is -2.14. The molecule has 1 nitrogen and oxygen atoms in total. The number of hydrogen-bond acceptors (Lipinski definition) is 1. The van der Waals surface area contributed by atoms with Crippen molar-refractivity contribution in [2.45, 2.75) is 6.42 Å². The minimum atomic E-state index is 0.872. The van der Waals surface area contributed by atoms with E-state index in [0.717, 1.165) is 24.8 Å². The molecule has 0 aromatic carbocycles. The molecule has 0 saturated heterocycles. The van der Waals surface area contributed by atoms with E-state index < -0.39 is 0 Å². The third-order valence-electron chi connectivity index (χ3n) is 0.838. The molecule has 0 saturated carbocycles. The number of halogens is 2. The SMILES string of the molecule is Cl/C=C/CNCCCBr. The lowest BCUT2D eigenvalue weighted by Gasteiger charge is -1.95. The van der Waals surface area contributed by atoms with Gasteiger partial charge in [-0.05, 0) is 13.0 Å². The van der Waals surface area contributed by atoms with Crippen LogP contribution in [0.3, 0.4) is 0 Å². The van der Waals surface area contributed by atoms with E-state index >= 15 is 0 Å². The van der Waals surface area contributed by atoms with E-state index in [-0.39, 0.29) is 0 Å². The molecule has 3 heteroatoms. The molecular formula is C6H11BrClN. The van der Waals surface area contributed by atoms with Crippen LogP contribution in [0.5, 0.6) is 0 Å². The van der Waals surface area contributed by atoms with Crippen molar-refractivity contribution in [2.24, 2.45) is 0 Å². The summed E-state index contributed by atoms with van der Waals surface area (Å²) in [5, 5.41) is 4.25. The molecule has 0 atom stereocenters. The van der Waals surface area contributed by atoms with Crippen LogP contribution in [0.4, 0.5) is 0 Å². The van der Waals surface area contributed by atoms with E-state index in [1.165, 1.54) is 5.54 Å². The largest absolute Gasteiger partial charge is 0.313 e. The maximum atomic E-state index is 5.28. The van der Waals surface area contributed by atoms with Crippen molar-refractivity contribution in [2.75, 3.05) is 18.4 Å². The Labute approximate surface area is 69.6 Å². The summed E-state index contributed by atoms with van der Waals surface area (Å²) in [6, 6.07) is 0. The Balaban J connectivity index is 2.75. The van der Waals surface area contributed by atoms with Crippen LogP contribution in [0, 0.1) is 0 Å².